The number of ether oxygens (including phenoxy) is 1. The van der Waals surface area contributed by atoms with Gasteiger partial charge in [0.05, 0.1) is 5.02 Å². The minimum atomic E-state index is -0.630. The largest absolute Gasteiger partial charge is 0.435 e. The molecule has 0 fully saturated rings. The number of aromatic nitrogens is 2. The van der Waals surface area contributed by atoms with Crippen LogP contribution in [0.25, 0.3) is 0 Å². The van der Waals surface area contributed by atoms with E-state index >= 15 is 0 Å². The van der Waals surface area contributed by atoms with Gasteiger partial charge in [-0.3, -0.25) is 0 Å². The molecule has 2 rings (SSSR count). The van der Waals surface area contributed by atoms with E-state index in [0.29, 0.717) is 16.5 Å². The second-order valence-corrected chi connectivity index (χ2v) is 5.38. The minimum absolute atomic E-state index is 0.00470. The molecule has 0 radical (unpaired) electrons. The molecule has 0 unspecified atom stereocenters. The Hall–Kier alpha value is -1.39. The molecule has 0 bridgehead atoms. The maximum Gasteiger partial charge on any atom is 0.227 e. The second-order valence-electron chi connectivity index (χ2n) is 4.61. The van der Waals surface area contributed by atoms with Crippen molar-refractivity contribution in [3.05, 3.63) is 45.6 Å². The predicted molar refractivity (Wildman–Crippen MR) is 77.4 cm³/mol. The fourth-order valence-corrected chi connectivity index (χ4v) is 1.84. The molecular formula is C14H13Cl2FN2O. The fourth-order valence-electron chi connectivity index (χ4n) is 1.51. The molecule has 2 aromatic rings. The van der Waals surface area contributed by atoms with E-state index in [-0.39, 0.29) is 22.6 Å². The van der Waals surface area contributed by atoms with Crippen molar-refractivity contribution in [3.63, 3.8) is 0 Å². The fraction of sp³-hybridized carbons (Fsp3) is 0.286. The summed E-state index contributed by atoms with van der Waals surface area (Å²) in [5.74, 6) is 0.229. The lowest BCUT2D eigenvalue weighted by atomic mass is 10.2. The van der Waals surface area contributed by atoms with E-state index < -0.39 is 5.82 Å². The van der Waals surface area contributed by atoms with E-state index in [1.165, 1.54) is 12.1 Å². The number of halogens is 3. The van der Waals surface area contributed by atoms with Crippen molar-refractivity contribution in [1.29, 1.82) is 0 Å². The third kappa shape index (κ3) is 3.02. The number of hydrogen-bond acceptors (Lipinski definition) is 3. The Kier molecular flexibility index (Phi) is 4.45. The van der Waals surface area contributed by atoms with Gasteiger partial charge in [0.15, 0.2) is 11.6 Å². The molecule has 0 aliphatic carbocycles. The summed E-state index contributed by atoms with van der Waals surface area (Å²) in [6.45, 7) is 5.58. The van der Waals surface area contributed by atoms with E-state index in [4.69, 9.17) is 27.9 Å². The molecule has 0 saturated heterocycles. The van der Waals surface area contributed by atoms with E-state index in [0.717, 1.165) is 0 Å². The van der Waals surface area contributed by atoms with Gasteiger partial charge in [0.25, 0.3) is 0 Å². The molecule has 0 atom stereocenters. The highest BCUT2D eigenvalue weighted by atomic mass is 35.5. The zero-order valence-corrected chi connectivity index (χ0v) is 12.8. The zero-order chi connectivity index (χ0) is 14.9. The molecule has 1 aromatic heterocycles. The van der Waals surface area contributed by atoms with Gasteiger partial charge in [0.1, 0.15) is 11.0 Å². The van der Waals surface area contributed by atoms with Gasteiger partial charge in [-0.05, 0) is 19.1 Å². The molecule has 0 aliphatic rings. The van der Waals surface area contributed by atoms with E-state index in [2.05, 4.69) is 9.97 Å². The molecule has 6 heteroatoms. The lowest BCUT2D eigenvalue weighted by molar-refractivity contribution is 0.420. The van der Waals surface area contributed by atoms with Crippen molar-refractivity contribution in [2.45, 2.75) is 26.7 Å². The summed E-state index contributed by atoms with van der Waals surface area (Å²) in [6.07, 6.45) is 0. The normalized spacial score (nSPS) is 10.9. The molecular weight excluding hydrogens is 302 g/mol. The third-order valence-corrected chi connectivity index (χ3v) is 3.36. The minimum Gasteiger partial charge on any atom is -0.435 e. The van der Waals surface area contributed by atoms with Crippen LogP contribution in [0, 0.1) is 12.7 Å². The maximum absolute atomic E-state index is 13.8. The van der Waals surface area contributed by atoms with Crippen LogP contribution in [0.5, 0.6) is 11.6 Å². The Bertz CT molecular complexity index is 647. The summed E-state index contributed by atoms with van der Waals surface area (Å²) < 4.78 is 19.3. The van der Waals surface area contributed by atoms with Crippen molar-refractivity contribution in [3.8, 4) is 11.6 Å². The van der Waals surface area contributed by atoms with Crippen LogP contribution in [0.2, 0.25) is 10.2 Å². The van der Waals surface area contributed by atoms with Crippen LogP contribution in [0.4, 0.5) is 4.39 Å². The first-order valence-corrected chi connectivity index (χ1v) is 6.81. The van der Waals surface area contributed by atoms with Crippen LogP contribution in [0.1, 0.15) is 31.2 Å². The third-order valence-electron chi connectivity index (χ3n) is 2.70. The van der Waals surface area contributed by atoms with Crippen LogP contribution in [-0.4, -0.2) is 9.97 Å². The highest BCUT2D eigenvalue weighted by Crippen LogP contribution is 2.32. The molecule has 1 heterocycles. The molecule has 20 heavy (non-hydrogen) atoms. The Morgan fingerprint density at radius 2 is 1.90 bits per heavy atom. The first-order valence-electron chi connectivity index (χ1n) is 6.06. The topological polar surface area (TPSA) is 35.0 Å². The van der Waals surface area contributed by atoms with Crippen molar-refractivity contribution < 1.29 is 9.13 Å². The van der Waals surface area contributed by atoms with Crippen molar-refractivity contribution in [2.75, 3.05) is 0 Å². The summed E-state index contributed by atoms with van der Waals surface area (Å²) >= 11 is 11.8. The van der Waals surface area contributed by atoms with E-state index in [1.807, 2.05) is 13.8 Å². The van der Waals surface area contributed by atoms with Crippen LogP contribution in [0.15, 0.2) is 18.2 Å². The molecule has 3 nitrogen and oxygen atoms in total. The van der Waals surface area contributed by atoms with E-state index in [1.54, 1.807) is 13.0 Å². The first-order chi connectivity index (χ1) is 9.40. The van der Waals surface area contributed by atoms with Gasteiger partial charge < -0.3 is 4.74 Å². The van der Waals surface area contributed by atoms with Gasteiger partial charge in [0.2, 0.25) is 5.88 Å². The summed E-state index contributed by atoms with van der Waals surface area (Å²) in [6, 6.07) is 4.52. The smallest absolute Gasteiger partial charge is 0.227 e. The molecule has 1 aromatic carbocycles. The quantitative estimate of drug-likeness (QED) is 0.735. The van der Waals surface area contributed by atoms with Crippen molar-refractivity contribution in [1.82, 2.24) is 9.97 Å². The lowest BCUT2D eigenvalue weighted by Crippen LogP contribution is -2.03. The predicted octanol–water partition coefficient (Wildman–Crippen LogP) is 5.15. The number of hydrogen-bond donors (Lipinski definition) is 0. The molecule has 106 valence electrons. The SMILES string of the molecule is Cc1c(Cl)nc(C(C)C)nc1Oc1cccc(Cl)c1F. The summed E-state index contributed by atoms with van der Waals surface area (Å²) in [4.78, 5) is 8.44. The number of rotatable bonds is 3. The highest BCUT2D eigenvalue weighted by Gasteiger charge is 2.16. The van der Waals surface area contributed by atoms with Crippen LogP contribution in [-0.2, 0) is 0 Å². The van der Waals surface area contributed by atoms with Gasteiger partial charge in [-0.25, -0.2) is 9.37 Å². The van der Waals surface area contributed by atoms with Gasteiger partial charge in [-0.2, -0.15) is 4.98 Å². The van der Waals surface area contributed by atoms with Gasteiger partial charge in [0, 0.05) is 11.5 Å². The zero-order valence-electron chi connectivity index (χ0n) is 11.2. The van der Waals surface area contributed by atoms with E-state index in [9.17, 15) is 4.39 Å². The molecule has 0 saturated carbocycles. The molecule has 0 aliphatic heterocycles. The van der Waals surface area contributed by atoms with Crippen molar-refractivity contribution in [2.24, 2.45) is 0 Å². The molecule has 0 N–H and O–H groups in total. The standard InChI is InChI=1S/C14H13Cl2FN2O/c1-7(2)13-18-12(16)8(3)14(19-13)20-10-6-4-5-9(15)11(10)17/h4-7H,1-3H3. The van der Waals surface area contributed by atoms with Gasteiger partial charge >= 0.3 is 0 Å². The average molecular weight is 315 g/mol. The highest BCUT2D eigenvalue weighted by molar-refractivity contribution is 6.31. The van der Waals surface area contributed by atoms with Crippen molar-refractivity contribution >= 4 is 23.2 Å². The summed E-state index contributed by atoms with van der Waals surface area (Å²) in [5.41, 5.74) is 0.551. The van der Waals surface area contributed by atoms with Crippen LogP contribution >= 0.6 is 23.2 Å². The maximum atomic E-state index is 13.8. The Morgan fingerprint density at radius 3 is 2.55 bits per heavy atom. The Labute approximate surface area is 126 Å². The Balaban J connectivity index is 2.45. The first kappa shape index (κ1) is 15.0. The van der Waals surface area contributed by atoms with Gasteiger partial charge in [-0.15, -0.1) is 0 Å². The molecule has 0 spiro atoms. The summed E-state index contributed by atoms with van der Waals surface area (Å²) in [5, 5.41) is 0.283. The second kappa shape index (κ2) is 5.94. The Morgan fingerprint density at radius 1 is 1.20 bits per heavy atom. The van der Waals surface area contributed by atoms with Crippen LogP contribution in [0.3, 0.4) is 0 Å². The summed E-state index contributed by atoms with van der Waals surface area (Å²) in [7, 11) is 0. The number of benzene rings is 1. The lowest BCUT2D eigenvalue weighted by Gasteiger charge is -2.12. The average Bonchev–Trinajstić information content (AvgIpc) is 2.39. The monoisotopic (exact) mass is 314 g/mol. The van der Waals surface area contributed by atoms with Crippen LogP contribution < -0.4 is 4.74 Å². The molecule has 0 amide bonds. The van der Waals surface area contributed by atoms with Gasteiger partial charge in [-0.1, -0.05) is 43.1 Å². The number of nitrogens with zero attached hydrogens (tertiary/aromatic N) is 2.